The molecular weight excluding hydrogens is 355 g/mol. The number of halogens is 1. The lowest BCUT2D eigenvalue weighted by Crippen LogP contribution is -2.30. The van der Waals surface area contributed by atoms with Gasteiger partial charge < -0.3 is 15.7 Å². The van der Waals surface area contributed by atoms with Crippen LogP contribution in [0.15, 0.2) is 54.7 Å². The summed E-state index contributed by atoms with van der Waals surface area (Å²) in [6.45, 7) is 4.93. The van der Waals surface area contributed by atoms with Gasteiger partial charge in [-0.15, -0.1) is 0 Å². The number of β-amino-alcohol motifs (C(OH)–C–C–N with tert-alkyl or cyclic N) is 1. The van der Waals surface area contributed by atoms with Gasteiger partial charge >= 0.3 is 0 Å². The Morgan fingerprint density at radius 1 is 1.21 bits per heavy atom. The number of aryl methyl sites for hydroxylation is 1. The van der Waals surface area contributed by atoms with Crippen molar-refractivity contribution in [3.8, 4) is 16.9 Å². The van der Waals surface area contributed by atoms with Crippen molar-refractivity contribution in [3.05, 3.63) is 71.7 Å². The van der Waals surface area contributed by atoms with Crippen LogP contribution < -0.4 is 10.6 Å². The van der Waals surface area contributed by atoms with Crippen molar-refractivity contribution < 1.29 is 9.50 Å². The molecule has 0 spiro atoms. The highest BCUT2D eigenvalue weighted by Gasteiger charge is 2.24. The molecule has 1 fully saturated rings. The van der Waals surface area contributed by atoms with E-state index in [1.165, 1.54) is 17.7 Å². The van der Waals surface area contributed by atoms with Crippen LogP contribution in [0.3, 0.4) is 0 Å². The lowest BCUT2D eigenvalue weighted by Gasteiger charge is -2.14. The third kappa shape index (κ3) is 4.14. The zero-order valence-corrected chi connectivity index (χ0v) is 15.9. The third-order valence-corrected chi connectivity index (χ3v) is 5.20. The second-order valence-corrected chi connectivity index (χ2v) is 7.41. The predicted molar refractivity (Wildman–Crippen MR) is 108 cm³/mol. The molecule has 3 N–H and O–H groups in total. The van der Waals surface area contributed by atoms with Crippen LogP contribution in [-0.4, -0.2) is 40.6 Å². The van der Waals surface area contributed by atoms with E-state index in [-0.39, 0.29) is 17.8 Å². The fraction of sp³-hybridized carbons (Fsp3) is 0.318. The Balaban J connectivity index is 1.60. The standard InChI is InChI=1S/C22H25FN4O/c1-15-3-2-4-16(9-15)22-18(12-24-10-17-11-25-13-21(17)28)14-27(26-22)20-7-5-19(23)6-8-20/h2-9,14,17,21,24-25,28H,10-13H2,1H3. The normalized spacial score (nSPS) is 19.2. The highest BCUT2D eigenvalue weighted by Crippen LogP contribution is 2.25. The quantitative estimate of drug-likeness (QED) is 0.615. The SMILES string of the molecule is Cc1cccc(-c2nn(-c3ccc(F)cc3)cc2CNCC2CNCC2O)c1. The monoisotopic (exact) mass is 380 g/mol. The van der Waals surface area contributed by atoms with Crippen LogP contribution in [-0.2, 0) is 6.54 Å². The van der Waals surface area contributed by atoms with E-state index in [1.807, 2.05) is 12.3 Å². The van der Waals surface area contributed by atoms with E-state index in [0.717, 1.165) is 35.6 Å². The van der Waals surface area contributed by atoms with E-state index >= 15 is 0 Å². The molecule has 28 heavy (non-hydrogen) atoms. The molecule has 1 aliphatic rings. The number of rotatable bonds is 6. The minimum atomic E-state index is -0.300. The minimum Gasteiger partial charge on any atom is -0.391 e. The molecular formula is C22H25FN4O. The Hall–Kier alpha value is -2.54. The van der Waals surface area contributed by atoms with Gasteiger partial charge in [-0.05, 0) is 37.3 Å². The Morgan fingerprint density at radius 2 is 2.04 bits per heavy atom. The van der Waals surface area contributed by atoms with E-state index < -0.39 is 0 Å². The van der Waals surface area contributed by atoms with Crippen molar-refractivity contribution in [2.75, 3.05) is 19.6 Å². The van der Waals surface area contributed by atoms with Gasteiger partial charge in [0, 0.05) is 49.4 Å². The van der Waals surface area contributed by atoms with Crippen LogP contribution in [0.4, 0.5) is 4.39 Å². The van der Waals surface area contributed by atoms with Gasteiger partial charge in [0.2, 0.25) is 0 Å². The minimum absolute atomic E-state index is 0.217. The number of hydrogen-bond donors (Lipinski definition) is 3. The highest BCUT2D eigenvalue weighted by molar-refractivity contribution is 5.64. The van der Waals surface area contributed by atoms with Gasteiger partial charge in [0.15, 0.2) is 0 Å². The molecule has 2 aromatic carbocycles. The molecule has 2 unspecified atom stereocenters. The number of nitrogens with zero attached hydrogens (tertiary/aromatic N) is 2. The molecule has 0 saturated carbocycles. The van der Waals surface area contributed by atoms with Gasteiger partial charge in [-0.1, -0.05) is 23.8 Å². The number of nitrogens with one attached hydrogen (secondary N) is 2. The summed E-state index contributed by atoms with van der Waals surface area (Å²) in [7, 11) is 0. The summed E-state index contributed by atoms with van der Waals surface area (Å²) in [6, 6.07) is 14.6. The Labute approximate surface area is 164 Å². The number of aliphatic hydroxyl groups is 1. The maximum Gasteiger partial charge on any atom is 0.123 e. The van der Waals surface area contributed by atoms with Gasteiger partial charge in [0.25, 0.3) is 0 Å². The average Bonchev–Trinajstić information content (AvgIpc) is 3.29. The Bertz CT molecular complexity index is 938. The molecule has 6 heteroatoms. The molecule has 0 bridgehead atoms. The van der Waals surface area contributed by atoms with Crippen molar-refractivity contribution >= 4 is 0 Å². The molecule has 0 aliphatic carbocycles. The molecule has 5 nitrogen and oxygen atoms in total. The lowest BCUT2D eigenvalue weighted by atomic mass is 10.0. The Kier molecular flexibility index (Phi) is 5.52. The number of hydrogen-bond acceptors (Lipinski definition) is 4. The molecule has 4 rings (SSSR count). The maximum absolute atomic E-state index is 13.3. The average molecular weight is 380 g/mol. The van der Waals surface area contributed by atoms with Gasteiger partial charge in [0.1, 0.15) is 5.82 Å². The molecule has 1 saturated heterocycles. The fourth-order valence-corrected chi connectivity index (χ4v) is 3.62. The van der Waals surface area contributed by atoms with Crippen LogP contribution in [0.2, 0.25) is 0 Å². The second kappa shape index (κ2) is 8.22. The number of aromatic nitrogens is 2. The summed E-state index contributed by atoms with van der Waals surface area (Å²) in [5, 5.41) is 21.4. The van der Waals surface area contributed by atoms with Crippen molar-refractivity contribution in [2.24, 2.45) is 5.92 Å². The number of benzene rings is 2. The zero-order valence-electron chi connectivity index (χ0n) is 15.9. The van der Waals surface area contributed by atoms with Gasteiger partial charge in [-0.2, -0.15) is 5.10 Å². The van der Waals surface area contributed by atoms with Gasteiger partial charge in [0.05, 0.1) is 17.5 Å². The summed E-state index contributed by atoms with van der Waals surface area (Å²) in [5.41, 5.74) is 5.02. The van der Waals surface area contributed by atoms with Crippen molar-refractivity contribution in [2.45, 2.75) is 19.6 Å². The fourth-order valence-electron chi connectivity index (χ4n) is 3.62. The second-order valence-electron chi connectivity index (χ2n) is 7.41. The van der Waals surface area contributed by atoms with Gasteiger partial charge in [-0.25, -0.2) is 9.07 Å². The first-order valence-corrected chi connectivity index (χ1v) is 9.61. The first kappa shape index (κ1) is 18.8. The van der Waals surface area contributed by atoms with E-state index in [2.05, 4.69) is 35.8 Å². The summed E-state index contributed by atoms with van der Waals surface area (Å²) in [4.78, 5) is 0. The molecule has 146 valence electrons. The predicted octanol–water partition coefficient (Wildman–Crippen LogP) is 2.66. The zero-order chi connectivity index (χ0) is 19.5. The van der Waals surface area contributed by atoms with E-state index in [9.17, 15) is 9.50 Å². The van der Waals surface area contributed by atoms with Crippen LogP contribution in [0, 0.1) is 18.7 Å². The van der Waals surface area contributed by atoms with Crippen molar-refractivity contribution in [1.29, 1.82) is 0 Å². The summed E-state index contributed by atoms with van der Waals surface area (Å²) >= 11 is 0. The Morgan fingerprint density at radius 3 is 2.75 bits per heavy atom. The molecule has 0 amide bonds. The first-order chi connectivity index (χ1) is 13.6. The molecule has 2 atom stereocenters. The van der Waals surface area contributed by atoms with E-state index in [4.69, 9.17) is 5.10 Å². The highest BCUT2D eigenvalue weighted by atomic mass is 19.1. The first-order valence-electron chi connectivity index (χ1n) is 9.61. The van der Waals surface area contributed by atoms with Crippen LogP contribution in [0.1, 0.15) is 11.1 Å². The van der Waals surface area contributed by atoms with E-state index in [1.54, 1.807) is 16.8 Å². The van der Waals surface area contributed by atoms with Crippen molar-refractivity contribution in [3.63, 3.8) is 0 Å². The molecule has 1 aliphatic heterocycles. The third-order valence-electron chi connectivity index (χ3n) is 5.20. The molecule has 1 aromatic heterocycles. The van der Waals surface area contributed by atoms with Crippen molar-refractivity contribution in [1.82, 2.24) is 20.4 Å². The van der Waals surface area contributed by atoms with Crippen LogP contribution in [0.5, 0.6) is 0 Å². The lowest BCUT2D eigenvalue weighted by molar-refractivity contribution is 0.146. The summed E-state index contributed by atoms with van der Waals surface area (Å²) < 4.78 is 15.1. The van der Waals surface area contributed by atoms with Gasteiger partial charge in [-0.3, -0.25) is 0 Å². The molecule has 2 heterocycles. The topological polar surface area (TPSA) is 62.1 Å². The molecule has 3 aromatic rings. The summed E-state index contributed by atoms with van der Waals surface area (Å²) in [5.74, 6) is -0.0463. The summed E-state index contributed by atoms with van der Waals surface area (Å²) in [6.07, 6.45) is 1.69. The number of aliphatic hydroxyl groups excluding tert-OH is 1. The maximum atomic E-state index is 13.3. The van der Waals surface area contributed by atoms with Crippen LogP contribution in [0.25, 0.3) is 16.9 Å². The van der Waals surface area contributed by atoms with Crippen LogP contribution >= 0.6 is 0 Å². The van der Waals surface area contributed by atoms with E-state index in [0.29, 0.717) is 13.1 Å². The molecule has 0 radical (unpaired) electrons. The largest absolute Gasteiger partial charge is 0.391 e. The smallest absolute Gasteiger partial charge is 0.123 e.